The summed E-state index contributed by atoms with van der Waals surface area (Å²) in [7, 11) is 0. The van der Waals surface area contributed by atoms with Gasteiger partial charge >= 0.3 is 0 Å². The number of H-pyrrole nitrogens is 2. The average molecular weight is 312 g/mol. The summed E-state index contributed by atoms with van der Waals surface area (Å²) in [5, 5.41) is -0.105. The zero-order valence-corrected chi connectivity index (χ0v) is 12.9. The number of fused-ring (bicyclic) bond motifs is 1. The lowest BCUT2D eigenvalue weighted by Crippen LogP contribution is -2.48. The van der Waals surface area contributed by atoms with Gasteiger partial charge < -0.3 is 14.7 Å². The second-order valence-electron chi connectivity index (χ2n) is 5.68. The fraction of sp³-hybridized carbons (Fsp3) is 0.235. The van der Waals surface area contributed by atoms with E-state index in [4.69, 9.17) is 4.74 Å². The highest BCUT2D eigenvalue weighted by atomic mass is 16.5. The number of carbonyl (C=O) groups is 1. The predicted octanol–water partition coefficient (Wildman–Crippen LogP) is -0.238. The standard InChI is InChI=1S/C17H16N2O4/c1-8-4-12-14(5-9(8)2)23-7-11(15(12)20)6-13-16(21)18-10(3)19-17(13)22/h4-6,11H,3,7H2,1-2H3,(H,18,21)(H,19,22). The molecule has 6 nitrogen and oxygen atoms in total. The van der Waals surface area contributed by atoms with Gasteiger partial charge in [0.2, 0.25) is 0 Å². The molecule has 2 N–H and O–H groups in total. The Bertz CT molecular complexity index is 993. The molecule has 0 radical (unpaired) electrons. The highest BCUT2D eigenvalue weighted by Crippen LogP contribution is 2.30. The van der Waals surface area contributed by atoms with Gasteiger partial charge in [0.25, 0.3) is 11.1 Å². The third kappa shape index (κ3) is 2.63. The van der Waals surface area contributed by atoms with Crippen LogP contribution in [0.5, 0.6) is 5.75 Å². The summed E-state index contributed by atoms with van der Waals surface area (Å²) in [5.41, 5.74) is 1.48. The number of hydrogen-bond acceptors (Lipinski definition) is 4. The fourth-order valence-corrected chi connectivity index (χ4v) is 2.58. The number of aromatic nitrogens is 2. The van der Waals surface area contributed by atoms with Gasteiger partial charge in [-0.2, -0.15) is 0 Å². The SMILES string of the molecule is C=c1[nH]c(=O)c(=CC2COc3cc(C)c(C)cc3C2=O)c(=O)[nH]1. The summed E-state index contributed by atoms with van der Waals surface area (Å²) in [6.07, 6.45) is 1.36. The number of hydrogen-bond donors (Lipinski definition) is 2. The van der Waals surface area contributed by atoms with Crippen LogP contribution in [0.4, 0.5) is 0 Å². The molecule has 1 aromatic carbocycles. The maximum atomic E-state index is 12.6. The Balaban J connectivity index is 2.11. The first-order valence-electron chi connectivity index (χ1n) is 7.18. The summed E-state index contributed by atoms with van der Waals surface area (Å²) < 4.78 is 5.63. The lowest BCUT2D eigenvalue weighted by Gasteiger charge is -2.23. The topological polar surface area (TPSA) is 92.0 Å². The van der Waals surface area contributed by atoms with Crippen LogP contribution < -0.4 is 26.6 Å². The van der Waals surface area contributed by atoms with Crippen LogP contribution in [-0.2, 0) is 0 Å². The second kappa shape index (κ2) is 5.39. The lowest BCUT2D eigenvalue weighted by atomic mass is 9.92. The van der Waals surface area contributed by atoms with Crippen molar-refractivity contribution in [3.8, 4) is 5.75 Å². The van der Waals surface area contributed by atoms with E-state index in [0.717, 1.165) is 11.1 Å². The first-order chi connectivity index (χ1) is 10.9. The van der Waals surface area contributed by atoms with Crippen LogP contribution in [0.15, 0.2) is 21.7 Å². The number of benzene rings is 1. The predicted molar refractivity (Wildman–Crippen MR) is 86.2 cm³/mol. The zero-order chi connectivity index (χ0) is 16.7. The van der Waals surface area contributed by atoms with Crippen molar-refractivity contribution in [2.45, 2.75) is 13.8 Å². The molecular weight excluding hydrogens is 296 g/mol. The quantitative estimate of drug-likeness (QED) is 0.760. The highest BCUT2D eigenvalue weighted by Gasteiger charge is 2.28. The van der Waals surface area contributed by atoms with E-state index < -0.39 is 17.0 Å². The summed E-state index contributed by atoms with van der Waals surface area (Å²) in [6.45, 7) is 7.43. The normalized spacial score (nSPS) is 16.6. The molecule has 0 fully saturated rings. The molecule has 0 aliphatic carbocycles. The molecule has 0 amide bonds. The van der Waals surface area contributed by atoms with Gasteiger partial charge in [-0.1, -0.05) is 12.7 Å². The first-order valence-corrected chi connectivity index (χ1v) is 7.18. The molecule has 0 bridgehead atoms. The van der Waals surface area contributed by atoms with Crippen LogP contribution in [0, 0.1) is 19.8 Å². The number of Topliss-reactive ketones (excluding diaryl/α,β-unsaturated/α-hetero) is 1. The van der Waals surface area contributed by atoms with Gasteiger partial charge in [0, 0.05) is 0 Å². The number of aryl methyl sites for hydroxylation is 2. The zero-order valence-electron chi connectivity index (χ0n) is 12.9. The van der Waals surface area contributed by atoms with Crippen LogP contribution in [0.2, 0.25) is 0 Å². The van der Waals surface area contributed by atoms with E-state index >= 15 is 0 Å². The minimum atomic E-state index is -0.678. The van der Waals surface area contributed by atoms with E-state index in [0.29, 0.717) is 11.3 Å². The molecule has 6 heteroatoms. The molecule has 1 atom stereocenters. The second-order valence-corrected chi connectivity index (χ2v) is 5.68. The Morgan fingerprint density at radius 2 is 1.74 bits per heavy atom. The molecule has 1 aromatic heterocycles. The summed E-state index contributed by atoms with van der Waals surface area (Å²) in [6, 6.07) is 3.61. The Kier molecular flexibility index (Phi) is 3.52. The van der Waals surface area contributed by atoms with E-state index in [1.165, 1.54) is 6.08 Å². The molecule has 3 rings (SSSR count). The first kappa shape index (κ1) is 15.0. The summed E-state index contributed by atoms with van der Waals surface area (Å²) >= 11 is 0. The molecular formula is C17H16N2O4. The van der Waals surface area contributed by atoms with Crippen LogP contribution in [0.1, 0.15) is 21.5 Å². The highest BCUT2D eigenvalue weighted by molar-refractivity contribution is 6.04. The Morgan fingerprint density at radius 3 is 2.39 bits per heavy atom. The summed E-state index contributed by atoms with van der Waals surface area (Å²) in [4.78, 5) is 41.2. The monoisotopic (exact) mass is 312 g/mol. The number of rotatable bonds is 1. The van der Waals surface area contributed by atoms with E-state index in [9.17, 15) is 14.4 Å². The fourth-order valence-electron chi connectivity index (χ4n) is 2.58. The van der Waals surface area contributed by atoms with Gasteiger partial charge in [-0.25, -0.2) is 0 Å². The Hall–Kier alpha value is -2.89. The van der Waals surface area contributed by atoms with Crippen molar-refractivity contribution < 1.29 is 9.53 Å². The number of ketones is 1. The van der Waals surface area contributed by atoms with Crippen molar-refractivity contribution in [3.63, 3.8) is 0 Å². The van der Waals surface area contributed by atoms with Crippen molar-refractivity contribution in [2.75, 3.05) is 6.61 Å². The minimum absolute atomic E-state index is 0.0966. The van der Waals surface area contributed by atoms with Gasteiger partial charge in [0.05, 0.1) is 11.5 Å². The maximum Gasteiger partial charge on any atom is 0.262 e. The molecule has 0 spiro atoms. The van der Waals surface area contributed by atoms with Gasteiger partial charge in [0.15, 0.2) is 5.78 Å². The van der Waals surface area contributed by atoms with Crippen LogP contribution in [0.3, 0.4) is 0 Å². The molecule has 118 valence electrons. The van der Waals surface area contributed by atoms with Crippen molar-refractivity contribution in [1.82, 2.24) is 9.97 Å². The molecule has 2 aromatic rings. The van der Waals surface area contributed by atoms with E-state index in [2.05, 4.69) is 16.5 Å². The van der Waals surface area contributed by atoms with Crippen molar-refractivity contribution in [3.05, 3.63) is 60.2 Å². The molecule has 1 aliphatic heterocycles. The van der Waals surface area contributed by atoms with Gasteiger partial charge in [-0.05, 0) is 37.1 Å². The number of carbonyl (C=O) groups excluding carboxylic acids is 1. The molecule has 1 aliphatic rings. The van der Waals surface area contributed by atoms with Gasteiger partial charge in [-0.15, -0.1) is 0 Å². The van der Waals surface area contributed by atoms with Crippen LogP contribution in [0.25, 0.3) is 12.7 Å². The summed E-state index contributed by atoms with van der Waals surface area (Å²) in [5.74, 6) is -0.298. The molecule has 23 heavy (non-hydrogen) atoms. The number of ether oxygens (including phenoxy) is 1. The van der Waals surface area contributed by atoms with Crippen molar-refractivity contribution >= 4 is 18.4 Å². The van der Waals surface area contributed by atoms with Crippen LogP contribution in [-0.4, -0.2) is 22.4 Å². The number of aromatic amines is 2. The lowest BCUT2D eigenvalue weighted by molar-refractivity contribution is 0.0885. The van der Waals surface area contributed by atoms with Crippen molar-refractivity contribution in [1.29, 1.82) is 0 Å². The van der Waals surface area contributed by atoms with Gasteiger partial charge in [-0.3, -0.25) is 14.4 Å². The van der Waals surface area contributed by atoms with E-state index in [-0.39, 0.29) is 23.1 Å². The Morgan fingerprint density at radius 1 is 1.13 bits per heavy atom. The molecule has 0 saturated carbocycles. The van der Waals surface area contributed by atoms with E-state index in [1.54, 1.807) is 6.07 Å². The molecule has 1 unspecified atom stereocenters. The Labute approximate surface area is 131 Å². The molecule has 0 saturated heterocycles. The average Bonchev–Trinajstić information content (AvgIpc) is 2.47. The largest absolute Gasteiger partial charge is 0.492 e. The van der Waals surface area contributed by atoms with Gasteiger partial charge in [0.1, 0.15) is 23.1 Å². The van der Waals surface area contributed by atoms with Crippen molar-refractivity contribution in [2.24, 2.45) is 5.92 Å². The third-order valence-electron chi connectivity index (χ3n) is 4.00. The molecule has 2 heterocycles. The van der Waals surface area contributed by atoms with E-state index in [1.807, 2.05) is 19.9 Å². The van der Waals surface area contributed by atoms with Crippen LogP contribution >= 0.6 is 0 Å². The maximum absolute atomic E-state index is 12.6. The smallest absolute Gasteiger partial charge is 0.262 e. The number of nitrogens with one attached hydrogen (secondary N) is 2. The minimum Gasteiger partial charge on any atom is -0.492 e. The third-order valence-corrected chi connectivity index (χ3v) is 4.00.